The minimum atomic E-state index is -1.31. The van der Waals surface area contributed by atoms with Crippen molar-refractivity contribution in [3.05, 3.63) is 72.7 Å². The summed E-state index contributed by atoms with van der Waals surface area (Å²) in [6, 6.07) is 12.8. The number of anilines is 2. The predicted octanol–water partition coefficient (Wildman–Crippen LogP) is 2.73. The smallest absolute Gasteiger partial charge is 0.164 e. The Morgan fingerprint density at radius 1 is 1.00 bits per heavy atom. The number of halogens is 2. The van der Waals surface area contributed by atoms with E-state index in [1.807, 2.05) is 30.3 Å². The van der Waals surface area contributed by atoms with E-state index in [9.17, 15) is 24.1 Å². The number of nitrogens with zero attached hydrogens (tertiary/aromatic N) is 3. The lowest BCUT2D eigenvalue weighted by Gasteiger charge is -2.17. The molecule has 8 nitrogen and oxygen atoms in total. The van der Waals surface area contributed by atoms with Crippen LogP contribution in [0.5, 0.6) is 0 Å². The van der Waals surface area contributed by atoms with Crippen LogP contribution in [0.4, 0.5) is 20.3 Å². The summed E-state index contributed by atoms with van der Waals surface area (Å²) in [5.41, 5.74) is 2.17. The molecule has 0 aliphatic carbocycles. The van der Waals surface area contributed by atoms with E-state index in [-0.39, 0.29) is 5.69 Å². The molecule has 2 aromatic carbocycles. The van der Waals surface area contributed by atoms with Crippen LogP contribution in [0.2, 0.25) is 0 Å². The van der Waals surface area contributed by atoms with Gasteiger partial charge in [-0.2, -0.15) is 0 Å². The van der Waals surface area contributed by atoms with Gasteiger partial charge in [-0.25, -0.2) is 18.7 Å². The van der Waals surface area contributed by atoms with Gasteiger partial charge in [-0.15, -0.1) is 0 Å². The Labute approximate surface area is 186 Å². The molecule has 5 rings (SSSR count). The Balaban J connectivity index is 1.67. The fourth-order valence-corrected chi connectivity index (χ4v) is 4.03. The van der Waals surface area contributed by atoms with Gasteiger partial charge in [0.15, 0.2) is 17.9 Å². The van der Waals surface area contributed by atoms with E-state index in [2.05, 4.69) is 15.3 Å². The Morgan fingerprint density at radius 3 is 2.48 bits per heavy atom. The summed E-state index contributed by atoms with van der Waals surface area (Å²) in [4.78, 5) is 8.66. The van der Waals surface area contributed by atoms with Crippen LogP contribution < -0.4 is 5.32 Å². The maximum atomic E-state index is 13.8. The number of benzene rings is 2. The number of hydrogen-bond donors (Lipinski definition) is 4. The van der Waals surface area contributed by atoms with Crippen LogP contribution in [0.1, 0.15) is 6.23 Å². The molecule has 33 heavy (non-hydrogen) atoms. The molecule has 1 aliphatic rings. The van der Waals surface area contributed by atoms with E-state index < -0.39 is 42.8 Å². The third kappa shape index (κ3) is 3.72. The largest absolute Gasteiger partial charge is 0.394 e. The highest BCUT2D eigenvalue weighted by Crippen LogP contribution is 2.39. The van der Waals surface area contributed by atoms with Crippen LogP contribution in [0.25, 0.3) is 22.2 Å². The van der Waals surface area contributed by atoms with Gasteiger partial charge < -0.3 is 29.9 Å². The number of ether oxygens (including phenoxy) is 1. The van der Waals surface area contributed by atoms with Crippen molar-refractivity contribution in [2.24, 2.45) is 0 Å². The van der Waals surface area contributed by atoms with Gasteiger partial charge in [-0.1, -0.05) is 30.3 Å². The summed E-state index contributed by atoms with van der Waals surface area (Å²) in [6.07, 6.45) is -1.55. The molecular formula is C23H20F2N4O4. The van der Waals surface area contributed by atoms with E-state index in [0.29, 0.717) is 22.4 Å². The molecule has 3 heterocycles. The van der Waals surface area contributed by atoms with Crippen molar-refractivity contribution in [1.82, 2.24) is 14.5 Å². The van der Waals surface area contributed by atoms with Crippen LogP contribution in [-0.2, 0) is 4.74 Å². The third-order valence-electron chi connectivity index (χ3n) is 5.67. The van der Waals surface area contributed by atoms with Crippen molar-refractivity contribution >= 4 is 22.5 Å². The molecule has 0 spiro atoms. The number of aliphatic hydroxyl groups is 3. The summed E-state index contributed by atoms with van der Waals surface area (Å²) in [6.45, 7) is -0.461. The second kappa shape index (κ2) is 8.49. The van der Waals surface area contributed by atoms with Crippen LogP contribution in [0.15, 0.2) is 61.1 Å². The average molecular weight is 454 g/mol. The molecular weight excluding hydrogens is 434 g/mol. The first-order valence-electron chi connectivity index (χ1n) is 10.2. The van der Waals surface area contributed by atoms with E-state index in [1.165, 1.54) is 12.4 Å². The summed E-state index contributed by atoms with van der Waals surface area (Å²) in [5, 5.41) is 33.8. The van der Waals surface area contributed by atoms with Crippen LogP contribution in [0.3, 0.4) is 0 Å². The molecule has 170 valence electrons. The Hall–Kier alpha value is -3.44. The maximum absolute atomic E-state index is 13.8. The normalized spacial score (nSPS) is 22.7. The first-order chi connectivity index (χ1) is 16.0. The Bertz CT molecular complexity index is 1300. The predicted molar refractivity (Wildman–Crippen MR) is 116 cm³/mol. The Kier molecular flexibility index (Phi) is 5.51. The fourth-order valence-electron chi connectivity index (χ4n) is 4.03. The SMILES string of the molecule is OC[C@H]1O[C@@H](n2cc(-c3ccccc3)c3c(Nc4ccc(F)c(F)c4)ncnc32)[C@@H](O)[C@H]1O. The monoisotopic (exact) mass is 454 g/mol. The van der Waals surface area contributed by atoms with Crippen LogP contribution >= 0.6 is 0 Å². The molecule has 0 bridgehead atoms. The molecule has 0 amide bonds. The molecule has 0 saturated carbocycles. The molecule has 10 heteroatoms. The Morgan fingerprint density at radius 2 is 1.79 bits per heavy atom. The van der Waals surface area contributed by atoms with Gasteiger partial charge in [-0.3, -0.25) is 0 Å². The first kappa shape index (κ1) is 21.4. The number of aliphatic hydroxyl groups excluding tert-OH is 3. The first-order valence-corrected chi connectivity index (χ1v) is 10.2. The topological polar surface area (TPSA) is 113 Å². The minimum absolute atomic E-state index is 0.286. The van der Waals surface area contributed by atoms with Gasteiger partial charge in [0.25, 0.3) is 0 Å². The van der Waals surface area contributed by atoms with Crippen molar-refractivity contribution < 1.29 is 28.8 Å². The van der Waals surface area contributed by atoms with Gasteiger partial charge in [0, 0.05) is 23.5 Å². The quantitative estimate of drug-likeness (QED) is 0.367. The summed E-state index contributed by atoms with van der Waals surface area (Å²) >= 11 is 0. The number of hydrogen-bond acceptors (Lipinski definition) is 7. The van der Waals surface area contributed by atoms with Gasteiger partial charge in [0.05, 0.1) is 12.0 Å². The zero-order valence-corrected chi connectivity index (χ0v) is 17.1. The van der Waals surface area contributed by atoms with E-state index in [4.69, 9.17) is 4.74 Å². The van der Waals surface area contributed by atoms with E-state index >= 15 is 0 Å². The zero-order chi connectivity index (χ0) is 23.1. The third-order valence-corrected chi connectivity index (χ3v) is 5.67. The molecule has 1 aliphatic heterocycles. The number of nitrogens with one attached hydrogen (secondary N) is 1. The van der Waals surface area contributed by atoms with Crippen LogP contribution in [0, 0.1) is 11.6 Å². The lowest BCUT2D eigenvalue weighted by molar-refractivity contribution is -0.0508. The minimum Gasteiger partial charge on any atom is -0.394 e. The van der Waals surface area contributed by atoms with Crippen molar-refractivity contribution in [3.63, 3.8) is 0 Å². The van der Waals surface area contributed by atoms with Crippen LogP contribution in [-0.4, -0.2) is 54.8 Å². The van der Waals surface area contributed by atoms with Crippen molar-refractivity contribution in [2.45, 2.75) is 24.5 Å². The second-order valence-corrected chi connectivity index (χ2v) is 7.72. The lowest BCUT2D eigenvalue weighted by Crippen LogP contribution is -2.33. The summed E-state index contributed by atoms with van der Waals surface area (Å²) in [5.74, 6) is -1.64. The van der Waals surface area contributed by atoms with Crippen molar-refractivity contribution in [2.75, 3.05) is 11.9 Å². The molecule has 2 aromatic heterocycles. The van der Waals surface area contributed by atoms with Crippen molar-refractivity contribution in [3.8, 4) is 11.1 Å². The summed E-state index contributed by atoms with van der Waals surface area (Å²) in [7, 11) is 0. The zero-order valence-electron chi connectivity index (χ0n) is 17.1. The number of rotatable bonds is 5. The van der Waals surface area contributed by atoms with Crippen molar-refractivity contribution in [1.29, 1.82) is 0 Å². The average Bonchev–Trinajstić information content (AvgIpc) is 3.35. The number of fused-ring (bicyclic) bond motifs is 1. The lowest BCUT2D eigenvalue weighted by atomic mass is 10.1. The molecule has 1 fully saturated rings. The number of aromatic nitrogens is 3. The molecule has 0 radical (unpaired) electrons. The van der Waals surface area contributed by atoms with Gasteiger partial charge in [0.1, 0.15) is 36.1 Å². The molecule has 0 unspecified atom stereocenters. The molecule has 1 saturated heterocycles. The van der Waals surface area contributed by atoms with E-state index in [0.717, 1.165) is 17.7 Å². The van der Waals surface area contributed by atoms with Gasteiger partial charge in [0.2, 0.25) is 0 Å². The second-order valence-electron chi connectivity index (χ2n) is 7.72. The molecule has 4 N–H and O–H groups in total. The highest BCUT2D eigenvalue weighted by Gasteiger charge is 2.44. The fraction of sp³-hybridized carbons (Fsp3) is 0.217. The summed E-state index contributed by atoms with van der Waals surface area (Å²) < 4.78 is 34.4. The van der Waals surface area contributed by atoms with Gasteiger partial charge in [-0.05, 0) is 17.7 Å². The maximum Gasteiger partial charge on any atom is 0.164 e. The standard InChI is InChI=1S/C23H20F2N4O4/c24-15-7-6-13(8-16(15)25)28-21-18-14(12-4-2-1-3-5-12)9-29(22(18)27-11-26-21)23-20(32)19(31)17(10-30)33-23/h1-9,11,17,19-20,23,30-32H,10H2,(H,26,27,28)/t17-,19+,20+,23-/m1/s1. The highest BCUT2D eigenvalue weighted by molar-refractivity contribution is 6.02. The van der Waals surface area contributed by atoms with Gasteiger partial charge >= 0.3 is 0 Å². The highest BCUT2D eigenvalue weighted by atomic mass is 19.2. The molecule has 4 atom stereocenters. The molecule has 4 aromatic rings. The van der Waals surface area contributed by atoms with E-state index in [1.54, 1.807) is 10.8 Å².